The Bertz CT molecular complexity index is 607. The molecule has 0 amide bonds. The number of alkyl halides is 2. The second-order valence-electron chi connectivity index (χ2n) is 3.86. The fraction of sp³-hybridized carbons (Fsp3) is 0.400. The number of sulfonamides is 1. The first-order valence-electron chi connectivity index (χ1n) is 5.40. The van der Waals surface area contributed by atoms with Crippen LogP contribution in [-0.4, -0.2) is 44.7 Å². The third-order valence-corrected chi connectivity index (χ3v) is 4.39. The summed E-state index contributed by atoms with van der Waals surface area (Å²) in [4.78, 5) is 9.51. The van der Waals surface area contributed by atoms with Gasteiger partial charge in [-0.05, 0) is 6.07 Å². The van der Waals surface area contributed by atoms with E-state index in [0.29, 0.717) is 4.31 Å². The highest BCUT2D eigenvalue weighted by atomic mass is 32.2. The molecule has 1 rings (SSSR count). The summed E-state index contributed by atoms with van der Waals surface area (Å²) in [7, 11) is -1.84. The summed E-state index contributed by atoms with van der Waals surface area (Å²) in [5.41, 5.74) is -0.343. The van der Waals surface area contributed by atoms with Gasteiger partial charge in [-0.25, -0.2) is 17.2 Å². The summed E-state index contributed by atoms with van der Waals surface area (Å²) in [5, 5.41) is 13.2. The van der Waals surface area contributed by atoms with E-state index in [0.717, 1.165) is 19.2 Å². The van der Waals surface area contributed by atoms with Gasteiger partial charge >= 0.3 is 0 Å². The van der Waals surface area contributed by atoms with Gasteiger partial charge in [-0.3, -0.25) is 10.1 Å². The van der Waals surface area contributed by atoms with Gasteiger partial charge < -0.3 is 5.32 Å². The molecule has 0 saturated heterocycles. The van der Waals surface area contributed by atoms with Crippen molar-refractivity contribution >= 4 is 21.4 Å². The van der Waals surface area contributed by atoms with Crippen LogP contribution in [0.15, 0.2) is 23.1 Å². The minimum atomic E-state index is -4.25. The number of hydrogen-bond donors (Lipinski definition) is 1. The average Bonchev–Trinajstić information content (AvgIpc) is 2.36. The lowest BCUT2D eigenvalue weighted by Crippen LogP contribution is -2.31. The van der Waals surface area contributed by atoms with Crippen LogP contribution in [0.2, 0.25) is 0 Å². The standard InChI is InChI=1S/C10H13F2N3O4S/c1-13-8-4-3-7(15(16)17)5-9(8)20(18,19)14(2)6-10(11)12/h3-5,10,13H,6H2,1-2H3. The molecule has 0 atom stereocenters. The zero-order valence-corrected chi connectivity index (χ0v) is 11.5. The van der Waals surface area contributed by atoms with E-state index in [-0.39, 0.29) is 5.69 Å². The van der Waals surface area contributed by atoms with Gasteiger partial charge in [-0.15, -0.1) is 0 Å². The summed E-state index contributed by atoms with van der Waals surface area (Å²) in [6, 6.07) is 3.17. The third-order valence-electron chi connectivity index (χ3n) is 2.53. The van der Waals surface area contributed by atoms with Gasteiger partial charge in [0.05, 0.1) is 17.2 Å². The van der Waals surface area contributed by atoms with Crippen molar-refractivity contribution in [2.75, 3.05) is 26.0 Å². The summed E-state index contributed by atoms with van der Waals surface area (Å²) >= 11 is 0. The third kappa shape index (κ3) is 3.39. The van der Waals surface area contributed by atoms with E-state index in [2.05, 4.69) is 5.32 Å². The van der Waals surface area contributed by atoms with Crippen LogP contribution < -0.4 is 5.32 Å². The normalized spacial score (nSPS) is 11.9. The maximum atomic E-state index is 12.3. The molecule has 0 aliphatic carbocycles. The van der Waals surface area contributed by atoms with E-state index < -0.39 is 38.5 Å². The van der Waals surface area contributed by atoms with Crippen LogP contribution >= 0.6 is 0 Å². The van der Waals surface area contributed by atoms with E-state index >= 15 is 0 Å². The van der Waals surface area contributed by atoms with Gasteiger partial charge in [0, 0.05) is 26.2 Å². The highest BCUT2D eigenvalue weighted by Gasteiger charge is 2.28. The van der Waals surface area contributed by atoms with E-state index in [1.807, 2.05) is 0 Å². The molecule has 112 valence electrons. The van der Waals surface area contributed by atoms with Crippen LogP contribution in [0.5, 0.6) is 0 Å². The smallest absolute Gasteiger partial charge is 0.270 e. The SMILES string of the molecule is CNc1ccc([N+](=O)[O-])cc1S(=O)(=O)N(C)CC(F)F. The van der Waals surface area contributed by atoms with Gasteiger partial charge in [0.2, 0.25) is 10.0 Å². The number of benzene rings is 1. The van der Waals surface area contributed by atoms with Gasteiger partial charge in [0.25, 0.3) is 12.1 Å². The molecular weight excluding hydrogens is 296 g/mol. The van der Waals surface area contributed by atoms with Crippen molar-refractivity contribution in [2.45, 2.75) is 11.3 Å². The largest absolute Gasteiger partial charge is 0.387 e. The number of nitrogens with one attached hydrogen (secondary N) is 1. The van der Waals surface area contributed by atoms with Crippen LogP contribution in [0, 0.1) is 10.1 Å². The molecule has 1 aromatic carbocycles. The van der Waals surface area contributed by atoms with Crippen molar-refractivity contribution in [3.8, 4) is 0 Å². The Morgan fingerprint density at radius 1 is 1.45 bits per heavy atom. The van der Waals surface area contributed by atoms with Gasteiger partial charge in [-0.1, -0.05) is 0 Å². The minimum Gasteiger partial charge on any atom is -0.387 e. The molecule has 0 saturated carbocycles. The fourth-order valence-electron chi connectivity index (χ4n) is 1.50. The van der Waals surface area contributed by atoms with Gasteiger partial charge in [0.15, 0.2) is 0 Å². The molecule has 10 heteroatoms. The monoisotopic (exact) mass is 309 g/mol. The number of non-ortho nitro benzene ring substituents is 1. The van der Waals surface area contributed by atoms with Crippen molar-refractivity contribution in [1.29, 1.82) is 0 Å². The Labute approximate surface area is 114 Å². The Balaban J connectivity index is 3.35. The molecule has 0 unspecified atom stereocenters. The first kappa shape index (κ1) is 16.2. The molecule has 20 heavy (non-hydrogen) atoms. The Morgan fingerprint density at radius 3 is 2.50 bits per heavy atom. The quantitative estimate of drug-likeness (QED) is 0.635. The van der Waals surface area contributed by atoms with E-state index in [9.17, 15) is 27.3 Å². The topological polar surface area (TPSA) is 92.5 Å². The lowest BCUT2D eigenvalue weighted by Gasteiger charge is -2.18. The van der Waals surface area contributed by atoms with Crippen LogP contribution in [0.4, 0.5) is 20.2 Å². The number of anilines is 1. The van der Waals surface area contributed by atoms with E-state index in [1.54, 1.807) is 0 Å². The first-order chi connectivity index (χ1) is 9.20. The maximum absolute atomic E-state index is 12.3. The number of nitrogens with zero attached hydrogens (tertiary/aromatic N) is 2. The van der Waals surface area contributed by atoms with Crippen LogP contribution in [0.25, 0.3) is 0 Å². The molecule has 0 spiro atoms. The average molecular weight is 309 g/mol. The Kier molecular flexibility index (Phi) is 4.95. The predicted molar refractivity (Wildman–Crippen MR) is 68.5 cm³/mol. The molecule has 0 heterocycles. The molecular formula is C10H13F2N3O4S. The van der Waals surface area contributed by atoms with E-state index in [1.165, 1.54) is 13.1 Å². The molecule has 1 N–H and O–H groups in total. The van der Waals surface area contributed by atoms with Gasteiger partial charge in [-0.2, -0.15) is 4.31 Å². The molecule has 0 aliphatic heterocycles. The second kappa shape index (κ2) is 6.09. The maximum Gasteiger partial charge on any atom is 0.270 e. The summed E-state index contributed by atoms with van der Waals surface area (Å²) in [5.74, 6) is 0. The lowest BCUT2D eigenvalue weighted by molar-refractivity contribution is -0.385. The molecule has 0 bridgehead atoms. The Morgan fingerprint density at radius 2 is 2.05 bits per heavy atom. The van der Waals surface area contributed by atoms with Gasteiger partial charge in [0.1, 0.15) is 4.90 Å². The van der Waals surface area contributed by atoms with Crippen LogP contribution in [0.3, 0.4) is 0 Å². The van der Waals surface area contributed by atoms with Crippen molar-refractivity contribution in [3.05, 3.63) is 28.3 Å². The van der Waals surface area contributed by atoms with Crippen LogP contribution in [0.1, 0.15) is 0 Å². The number of hydrogen-bond acceptors (Lipinski definition) is 5. The summed E-state index contributed by atoms with van der Waals surface area (Å²) < 4.78 is 49.3. The van der Waals surface area contributed by atoms with Crippen molar-refractivity contribution in [1.82, 2.24) is 4.31 Å². The second-order valence-corrected chi connectivity index (χ2v) is 5.88. The summed E-state index contributed by atoms with van der Waals surface area (Å²) in [6.45, 7) is -0.992. The molecule has 0 aromatic heterocycles. The van der Waals surface area contributed by atoms with Crippen molar-refractivity contribution in [3.63, 3.8) is 0 Å². The minimum absolute atomic E-state index is 0.0942. The number of halogens is 2. The number of nitro groups is 1. The highest BCUT2D eigenvalue weighted by molar-refractivity contribution is 7.89. The zero-order valence-electron chi connectivity index (χ0n) is 10.7. The Hall–Kier alpha value is -1.81. The molecule has 1 aromatic rings. The van der Waals surface area contributed by atoms with Crippen molar-refractivity contribution < 1.29 is 22.1 Å². The fourth-order valence-corrected chi connectivity index (χ4v) is 2.87. The highest BCUT2D eigenvalue weighted by Crippen LogP contribution is 2.28. The van der Waals surface area contributed by atoms with Crippen LogP contribution in [-0.2, 0) is 10.0 Å². The first-order valence-corrected chi connectivity index (χ1v) is 6.85. The molecule has 7 nitrogen and oxygen atoms in total. The number of rotatable bonds is 6. The molecule has 0 radical (unpaired) electrons. The lowest BCUT2D eigenvalue weighted by atomic mass is 10.3. The molecule has 0 aliphatic rings. The predicted octanol–water partition coefficient (Wildman–Crippen LogP) is 1.52. The zero-order chi connectivity index (χ0) is 15.5. The molecule has 0 fully saturated rings. The summed E-state index contributed by atoms with van der Waals surface area (Å²) in [6.07, 6.45) is -2.84. The number of nitro benzene ring substituents is 1. The van der Waals surface area contributed by atoms with Crippen molar-refractivity contribution in [2.24, 2.45) is 0 Å². The van der Waals surface area contributed by atoms with E-state index in [4.69, 9.17) is 0 Å².